The maximum atomic E-state index is 12.5. The third-order valence-corrected chi connectivity index (χ3v) is 5.41. The fourth-order valence-corrected chi connectivity index (χ4v) is 3.63. The maximum absolute atomic E-state index is 12.5. The zero-order valence-corrected chi connectivity index (χ0v) is 18.3. The maximum Gasteiger partial charge on any atom is 0.289 e. The molecule has 0 saturated heterocycles. The number of rotatable bonds is 7. The minimum atomic E-state index is -0.363. The molecule has 0 atom stereocenters. The summed E-state index contributed by atoms with van der Waals surface area (Å²) >= 11 is 0. The Morgan fingerprint density at radius 3 is 2.53 bits per heavy atom. The lowest BCUT2D eigenvalue weighted by Crippen LogP contribution is -2.18. The van der Waals surface area contributed by atoms with Crippen molar-refractivity contribution in [3.8, 4) is 17.0 Å². The first-order valence-corrected chi connectivity index (χ1v) is 10.9. The Morgan fingerprint density at radius 1 is 0.912 bits per heavy atom. The summed E-state index contributed by atoms with van der Waals surface area (Å²) in [6.07, 6.45) is 1.64. The summed E-state index contributed by atoms with van der Waals surface area (Å²) in [7, 11) is 0. The van der Waals surface area contributed by atoms with Crippen LogP contribution in [0.2, 0.25) is 0 Å². The Hall–Kier alpha value is -4.71. The first-order valence-electron chi connectivity index (χ1n) is 10.9. The molecule has 0 fully saturated rings. The highest BCUT2D eigenvalue weighted by molar-refractivity contribution is 6.00. The number of amides is 1. The molecule has 0 bridgehead atoms. The van der Waals surface area contributed by atoms with Gasteiger partial charge in [0.05, 0.1) is 11.9 Å². The van der Waals surface area contributed by atoms with E-state index < -0.39 is 0 Å². The lowest BCUT2D eigenvalue weighted by atomic mass is 10.1. The summed E-state index contributed by atoms with van der Waals surface area (Å²) < 4.78 is 5.83. The van der Waals surface area contributed by atoms with Gasteiger partial charge in [0.15, 0.2) is 0 Å². The number of carbonyl (C=O) groups excluding carboxylic acids is 1. The Bertz CT molecular complexity index is 1440. The highest BCUT2D eigenvalue weighted by Crippen LogP contribution is 2.22. The Morgan fingerprint density at radius 2 is 1.68 bits per heavy atom. The number of aromatic nitrogens is 2. The van der Waals surface area contributed by atoms with Gasteiger partial charge in [0.1, 0.15) is 18.1 Å². The molecule has 166 valence electrons. The third kappa shape index (κ3) is 4.86. The highest BCUT2D eigenvalue weighted by Gasteiger charge is 2.11. The number of nitrogens with zero attached hydrogens (tertiary/aromatic N) is 2. The lowest BCUT2D eigenvalue weighted by Gasteiger charge is -2.06. The molecule has 0 spiro atoms. The van der Waals surface area contributed by atoms with Crippen LogP contribution < -0.4 is 10.2 Å². The van der Waals surface area contributed by atoms with Gasteiger partial charge in [0, 0.05) is 11.1 Å². The Labute approximate surface area is 196 Å². The van der Waals surface area contributed by atoms with Crippen LogP contribution in [0.3, 0.4) is 0 Å². The van der Waals surface area contributed by atoms with Crippen LogP contribution in [-0.4, -0.2) is 22.3 Å². The summed E-state index contributed by atoms with van der Waals surface area (Å²) in [6.45, 7) is 0.506. The third-order valence-electron chi connectivity index (χ3n) is 5.41. The summed E-state index contributed by atoms with van der Waals surface area (Å²) in [6, 6.07) is 33.3. The predicted octanol–water partition coefficient (Wildman–Crippen LogP) is 5.57. The average molecular weight is 447 g/mol. The van der Waals surface area contributed by atoms with Crippen molar-refractivity contribution < 1.29 is 9.53 Å². The SMILES string of the molecule is O=C(NN=Cc1cccc2ccccc12)c1cc(-c2ccc(OCc3ccccc3)cc2)n[nH]1. The van der Waals surface area contributed by atoms with Crippen LogP contribution in [0.5, 0.6) is 5.75 Å². The van der Waals surface area contributed by atoms with E-state index >= 15 is 0 Å². The molecule has 1 amide bonds. The smallest absolute Gasteiger partial charge is 0.289 e. The summed E-state index contributed by atoms with van der Waals surface area (Å²) in [5.74, 6) is 0.405. The number of benzene rings is 4. The molecule has 0 aliphatic rings. The molecule has 0 aliphatic carbocycles. The molecule has 5 rings (SSSR count). The number of carbonyl (C=O) groups is 1. The van der Waals surface area contributed by atoms with Crippen molar-refractivity contribution in [3.63, 3.8) is 0 Å². The van der Waals surface area contributed by atoms with Gasteiger partial charge >= 0.3 is 0 Å². The van der Waals surface area contributed by atoms with Gasteiger partial charge in [0.25, 0.3) is 5.91 Å². The minimum Gasteiger partial charge on any atom is -0.489 e. The van der Waals surface area contributed by atoms with Crippen LogP contribution in [-0.2, 0) is 6.61 Å². The zero-order chi connectivity index (χ0) is 23.2. The van der Waals surface area contributed by atoms with E-state index in [0.717, 1.165) is 33.2 Å². The van der Waals surface area contributed by atoms with Gasteiger partial charge in [-0.15, -0.1) is 0 Å². The number of hydrazone groups is 1. The number of ether oxygens (including phenoxy) is 1. The van der Waals surface area contributed by atoms with E-state index in [1.807, 2.05) is 97.1 Å². The van der Waals surface area contributed by atoms with Crippen molar-refractivity contribution in [1.82, 2.24) is 15.6 Å². The largest absolute Gasteiger partial charge is 0.489 e. The van der Waals surface area contributed by atoms with Crippen LogP contribution in [0.1, 0.15) is 21.6 Å². The van der Waals surface area contributed by atoms with Crippen molar-refractivity contribution in [2.45, 2.75) is 6.61 Å². The van der Waals surface area contributed by atoms with Crippen LogP contribution in [0.15, 0.2) is 108 Å². The average Bonchev–Trinajstić information content (AvgIpc) is 3.39. The van der Waals surface area contributed by atoms with Crippen molar-refractivity contribution in [2.75, 3.05) is 0 Å². The standard InChI is InChI=1S/C28H22N4O2/c33-28(32-29-18-23-11-6-10-21-9-4-5-12-25(21)23)27-17-26(30-31-27)22-13-15-24(16-14-22)34-19-20-7-2-1-3-8-20/h1-18H,19H2,(H,30,31)(H,32,33). The molecule has 2 N–H and O–H groups in total. The molecule has 0 unspecified atom stereocenters. The molecule has 0 saturated carbocycles. The molecule has 6 nitrogen and oxygen atoms in total. The van der Waals surface area contributed by atoms with Gasteiger partial charge in [-0.25, -0.2) is 5.43 Å². The summed E-state index contributed by atoms with van der Waals surface area (Å²) in [5.41, 5.74) is 6.46. The molecule has 0 radical (unpaired) electrons. The fourth-order valence-electron chi connectivity index (χ4n) is 3.63. The van der Waals surface area contributed by atoms with Crippen molar-refractivity contribution >= 4 is 22.9 Å². The molecule has 6 heteroatoms. The fraction of sp³-hybridized carbons (Fsp3) is 0.0357. The topological polar surface area (TPSA) is 79.4 Å². The van der Waals surface area contributed by atoms with Crippen LogP contribution in [0.25, 0.3) is 22.0 Å². The van der Waals surface area contributed by atoms with Crippen LogP contribution in [0, 0.1) is 0 Å². The predicted molar refractivity (Wildman–Crippen MR) is 134 cm³/mol. The van der Waals surface area contributed by atoms with Crippen molar-refractivity contribution in [3.05, 3.63) is 120 Å². The first-order chi connectivity index (χ1) is 16.8. The van der Waals surface area contributed by atoms with Gasteiger partial charge in [-0.1, -0.05) is 72.8 Å². The van der Waals surface area contributed by atoms with Crippen LogP contribution in [0.4, 0.5) is 0 Å². The molecule has 5 aromatic rings. The van der Waals surface area contributed by atoms with Crippen molar-refractivity contribution in [2.24, 2.45) is 5.10 Å². The van der Waals surface area contributed by atoms with Gasteiger partial charge in [-0.2, -0.15) is 10.2 Å². The zero-order valence-electron chi connectivity index (χ0n) is 18.3. The number of aromatic amines is 1. The van der Waals surface area contributed by atoms with E-state index in [2.05, 4.69) is 20.7 Å². The van der Waals surface area contributed by atoms with E-state index in [9.17, 15) is 4.79 Å². The minimum absolute atomic E-state index is 0.328. The monoisotopic (exact) mass is 446 g/mol. The molecular formula is C28H22N4O2. The van der Waals surface area contributed by atoms with Gasteiger partial charge in [-0.05, 0) is 46.7 Å². The number of hydrogen-bond acceptors (Lipinski definition) is 4. The molecule has 34 heavy (non-hydrogen) atoms. The number of nitrogens with one attached hydrogen (secondary N) is 2. The highest BCUT2D eigenvalue weighted by atomic mass is 16.5. The van der Waals surface area contributed by atoms with E-state index in [1.165, 1.54) is 0 Å². The Kier molecular flexibility index (Phi) is 6.12. The Balaban J connectivity index is 1.21. The normalized spacial score (nSPS) is 11.1. The second kappa shape index (κ2) is 9.83. The lowest BCUT2D eigenvalue weighted by molar-refractivity contribution is 0.0950. The second-order valence-corrected chi connectivity index (χ2v) is 7.73. The molecular weight excluding hydrogens is 424 g/mol. The first kappa shape index (κ1) is 21.2. The molecule has 0 aliphatic heterocycles. The number of hydrogen-bond donors (Lipinski definition) is 2. The van der Waals surface area contributed by atoms with Gasteiger partial charge in [-0.3, -0.25) is 9.89 Å². The molecule has 1 heterocycles. The van der Waals surface area contributed by atoms with E-state index in [4.69, 9.17) is 4.74 Å². The second-order valence-electron chi connectivity index (χ2n) is 7.73. The van der Waals surface area contributed by atoms with E-state index in [0.29, 0.717) is 18.0 Å². The molecule has 4 aromatic carbocycles. The number of fused-ring (bicyclic) bond motifs is 1. The van der Waals surface area contributed by atoms with Gasteiger partial charge in [0.2, 0.25) is 0 Å². The number of H-pyrrole nitrogens is 1. The molecule has 1 aromatic heterocycles. The summed E-state index contributed by atoms with van der Waals surface area (Å²) in [5, 5.41) is 13.3. The van der Waals surface area contributed by atoms with E-state index in [1.54, 1.807) is 12.3 Å². The summed E-state index contributed by atoms with van der Waals surface area (Å²) in [4.78, 5) is 12.5. The van der Waals surface area contributed by atoms with E-state index in [-0.39, 0.29) is 5.91 Å². The van der Waals surface area contributed by atoms with Crippen molar-refractivity contribution in [1.29, 1.82) is 0 Å². The quantitative estimate of drug-likeness (QED) is 0.253. The van der Waals surface area contributed by atoms with Crippen LogP contribution >= 0.6 is 0 Å². The van der Waals surface area contributed by atoms with Gasteiger partial charge < -0.3 is 4.74 Å².